The van der Waals surface area contributed by atoms with Gasteiger partial charge >= 0.3 is 15.6 Å². The van der Waals surface area contributed by atoms with Gasteiger partial charge in [0.15, 0.2) is 0 Å². The van der Waals surface area contributed by atoms with Crippen LogP contribution in [-0.2, 0) is 35.8 Å². The third-order valence-corrected chi connectivity index (χ3v) is 10.1. The van der Waals surface area contributed by atoms with E-state index >= 15 is 0 Å². The number of phenolic OH excluding ortho intramolecular Hbond substituents is 1. The van der Waals surface area contributed by atoms with E-state index in [1.807, 2.05) is 6.07 Å². The number of alkyl halides is 3. The van der Waals surface area contributed by atoms with Crippen LogP contribution < -0.4 is 4.18 Å². The van der Waals surface area contributed by atoms with Gasteiger partial charge in [0.05, 0.1) is 0 Å². The number of benzene rings is 2. The van der Waals surface area contributed by atoms with Crippen molar-refractivity contribution in [1.29, 1.82) is 0 Å². The van der Waals surface area contributed by atoms with Crippen LogP contribution in [0, 0.1) is 10.8 Å². The first-order valence-electron chi connectivity index (χ1n) is 13.0. The molecule has 9 heteroatoms. The Morgan fingerprint density at radius 1 is 0.757 bits per heavy atom. The Balaban J connectivity index is 0.00000137. The number of aromatic hydroxyl groups is 1. The first-order valence-corrected chi connectivity index (χ1v) is 15.3. The highest BCUT2D eigenvalue weighted by atomic mass is 32.2. The second-order valence-electron chi connectivity index (χ2n) is 11.3. The molecule has 0 aliphatic heterocycles. The van der Waals surface area contributed by atoms with Crippen LogP contribution in [0.4, 0.5) is 13.2 Å². The number of thiol groups is 1. The van der Waals surface area contributed by atoms with Crippen LogP contribution in [0.5, 0.6) is 11.5 Å². The first kappa shape index (κ1) is 26.7. The molecule has 2 saturated carbocycles. The first-order chi connectivity index (χ1) is 17.5. The fraction of sp³-hybridized carbons (Fsp3) is 0.571. The van der Waals surface area contributed by atoms with Crippen molar-refractivity contribution >= 4 is 22.7 Å². The lowest BCUT2D eigenvalue weighted by Gasteiger charge is -2.22. The van der Waals surface area contributed by atoms with Crippen LogP contribution in [0.15, 0.2) is 24.3 Å². The summed E-state index contributed by atoms with van der Waals surface area (Å²) in [5, 5.41) is 10.7. The summed E-state index contributed by atoms with van der Waals surface area (Å²) < 4.78 is 67.7. The Bertz CT molecular complexity index is 1310. The predicted molar refractivity (Wildman–Crippen MR) is 141 cm³/mol. The van der Waals surface area contributed by atoms with Crippen LogP contribution >= 0.6 is 12.6 Å². The molecule has 2 aromatic carbocycles. The number of hydrogen-bond donors (Lipinski definition) is 2. The van der Waals surface area contributed by atoms with Crippen molar-refractivity contribution in [3.05, 3.63) is 46.5 Å². The standard InChI is InChI=1S/C27H29F3O4S.CH4S/c28-27(29,30)35(32,33)34-24-8-6-18(20-14-26(16-22(20)24)11-3-4-12-26)17-5-7-23(31)21-15-25(13-19(17)21)9-1-2-10-25;1-2/h5-8,31H,1-4,9-16H2;2H,1H3. The highest BCUT2D eigenvalue weighted by Gasteiger charge is 2.50. The van der Waals surface area contributed by atoms with Gasteiger partial charge in [-0.25, -0.2) is 0 Å². The van der Waals surface area contributed by atoms with Gasteiger partial charge in [0.25, 0.3) is 0 Å². The lowest BCUT2D eigenvalue weighted by molar-refractivity contribution is -0.0500. The molecule has 4 aliphatic carbocycles. The van der Waals surface area contributed by atoms with E-state index in [0.29, 0.717) is 24.2 Å². The van der Waals surface area contributed by atoms with E-state index in [-0.39, 0.29) is 16.6 Å². The smallest absolute Gasteiger partial charge is 0.508 e. The summed E-state index contributed by atoms with van der Waals surface area (Å²) in [6.45, 7) is 0. The number of halogens is 3. The quantitative estimate of drug-likeness (QED) is 0.240. The Kier molecular flexibility index (Phi) is 6.79. The van der Waals surface area contributed by atoms with E-state index in [4.69, 9.17) is 4.18 Å². The zero-order valence-electron chi connectivity index (χ0n) is 21.0. The maximum Gasteiger partial charge on any atom is 0.534 e. The molecule has 0 bridgehead atoms. The molecule has 1 N–H and O–H groups in total. The van der Waals surface area contributed by atoms with Crippen molar-refractivity contribution in [3.63, 3.8) is 0 Å². The minimum Gasteiger partial charge on any atom is -0.508 e. The number of phenols is 1. The minimum absolute atomic E-state index is 0.0503. The average molecular weight is 555 g/mol. The SMILES string of the molecule is CS.O=S(=O)(Oc1ccc(-c2ccc(O)c3c2CC2(CCCC2)C3)c2c1CC1(CCCC1)C2)C(F)(F)F. The topological polar surface area (TPSA) is 63.6 Å². The third-order valence-electron chi connectivity index (χ3n) is 9.10. The number of fused-ring (bicyclic) bond motifs is 2. The molecule has 0 heterocycles. The van der Waals surface area contributed by atoms with Crippen molar-refractivity contribution in [1.82, 2.24) is 0 Å². The van der Waals surface area contributed by atoms with E-state index in [0.717, 1.165) is 79.2 Å². The van der Waals surface area contributed by atoms with Crippen LogP contribution in [-0.4, -0.2) is 25.3 Å². The van der Waals surface area contributed by atoms with Crippen molar-refractivity contribution in [2.45, 2.75) is 82.6 Å². The molecule has 0 aromatic heterocycles. The largest absolute Gasteiger partial charge is 0.534 e. The Morgan fingerprint density at radius 2 is 1.19 bits per heavy atom. The predicted octanol–water partition coefficient (Wildman–Crippen LogP) is 7.15. The summed E-state index contributed by atoms with van der Waals surface area (Å²) in [6.07, 6.45) is 13.5. The zero-order chi connectivity index (χ0) is 26.6. The summed E-state index contributed by atoms with van der Waals surface area (Å²) in [5.41, 5.74) is 0.237. The molecule has 2 aromatic rings. The molecule has 2 fully saturated rings. The summed E-state index contributed by atoms with van der Waals surface area (Å²) >= 11 is 3.53. The average Bonchev–Trinajstić information content (AvgIpc) is 3.64. The fourth-order valence-corrected chi connectivity index (χ4v) is 7.96. The zero-order valence-corrected chi connectivity index (χ0v) is 22.7. The van der Waals surface area contributed by atoms with Crippen molar-refractivity contribution in [3.8, 4) is 22.6 Å². The molecule has 0 amide bonds. The summed E-state index contributed by atoms with van der Waals surface area (Å²) in [7, 11) is -5.75. The van der Waals surface area contributed by atoms with E-state index in [1.165, 1.54) is 18.9 Å². The maximum absolute atomic E-state index is 13.1. The van der Waals surface area contributed by atoms with Gasteiger partial charge in [0, 0.05) is 5.56 Å². The van der Waals surface area contributed by atoms with E-state index < -0.39 is 15.6 Å². The van der Waals surface area contributed by atoms with Crippen LogP contribution in [0.1, 0.15) is 73.6 Å². The van der Waals surface area contributed by atoms with Gasteiger partial charge in [0.2, 0.25) is 0 Å². The maximum atomic E-state index is 13.1. The Labute approximate surface area is 222 Å². The molecule has 2 spiro atoms. The van der Waals surface area contributed by atoms with E-state index in [9.17, 15) is 26.7 Å². The number of hydrogen-bond acceptors (Lipinski definition) is 5. The molecule has 202 valence electrons. The van der Waals surface area contributed by atoms with Crippen LogP contribution in [0.3, 0.4) is 0 Å². The summed E-state index contributed by atoms with van der Waals surface area (Å²) in [4.78, 5) is 0. The summed E-state index contributed by atoms with van der Waals surface area (Å²) in [5.74, 6) is 0.111. The molecule has 4 nitrogen and oxygen atoms in total. The molecule has 0 unspecified atom stereocenters. The number of rotatable bonds is 3. The molecule has 37 heavy (non-hydrogen) atoms. The van der Waals surface area contributed by atoms with Crippen molar-refractivity contribution in [2.75, 3.05) is 6.26 Å². The van der Waals surface area contributed by atoms with Gasteiger partial charge in [-0.2, -0.15) is 34.2 Å². The van der Waals surface area contributed by atoms with Gasteiger partial charge in [-0.15, -0.1) is 0 Å². The van der Waals surface area contributed by atoms with Gasteiger partial charge < -0.3 is 9.29 Å². The molecule has 6 rings (SSSR count). The van der Waals surface area contributed by atoms with Crippen molar-refractivity contribution in [2.24, 2.45) is 10.8 Å². The molecular formula is C28H33F3O4S2. The van der Waals surface area contributed by atoms with Gasteiger partial charge in [-0.05, 0) is 108 Å². The molecule has 0 radical (unpaired) electrons. The Hall–Kier alpha value is -1.87. The highest BCUT2D eigenvalue weighted by Crippen LogP contribution is 2.56. The lowest BCUT2D eigenvalue weighted by atomic mass is 9.82. The second-order valence-corrected chi connectivity index (χ2v) is 12.8. The van der Waals surface area contributed by atoms with Crippen LogP contribution in [0.2, 0.25) is 0 Å². The monoisotopic (exact) mass is 554 g/mol. The van der Waals surface area contributed by atoms with Gasteiger partial charge in [-0.3, -0.25) is 0 Å². The molecule has 0 saturated heterocycles. The molecule has 0 atom stereocenters. The lowest BCUT2D eigenvalue weighted by Crippen LogP contribution is -2.28. The molecule has 4 aliphatic rings. The fourth-order valence-electron chi connectivity index (χ4n) is 7.48. The highest BCUT2D eigenvalue weighted by molar-refractivity contribution is 7.88. The minimum atomic E-state index is -5.75. The van der Waals surface area contributed by atoms with E-state index in [2.05, 4.69) is 12.6 Å². The summed E-state index contributed by atoms with van der Waals surface area (Å²) in [6, 6.07) is 6.77. The normalized spacial score (nSPS) is 21.1. The van der Waals surface area contributed by atoms with Gasteiger partial charge in [0.1, 0.15) is 11.5 Å². The third kappa shape index (κ3) is 4.54. The van der Waals surface area contributed by atoms with Gasteiger partial charge in [-0.1, -0.05) is 37.8 Å². The van der Waals surface area contributed by atoms with Crippen LogP contribution in [0.25, 0.3) is 11.1 Å². The molecular weight excluding hydrogens is 521 g/mol. The second kappa shape index (κ2) is 9.40. The van der Waals surface area contributed by atoms with E-state index in [1.54, 1.807) is 18.4 Å². The Morgan fingerprint density at radius 3 is 1.70 bits per heavy atom. The van der Waals surface area contributed by atoms with Crippen molar-refractivity contribution < 1.29 is 30.9 Å².